The fourth-order valence-corrected chi connectivity index (χ4v) is 1.65. The maximum absolute atomic E-state index is 11.4. The number of carbonyl (C=O) groups excluding carboxylic acids is 1. The first kappa shape index (κ1) is 12.0. The van der Waals surface area contributed by atoms with E-state index in [1.54, 1.807) is 18.9 Å². The lowest BCUT2D eigenvalue weighted by Crippen LogP contribution is -2.53. The van der Waals surface area contributed by atoms with Crippen molar-refractivity contribution in [2.24, 2.45) is 5.92 Å². The van der Waals surface area contributed by atoms with E-state index in [2.05, 4.69) is 0 Å². The first-order valence-electron chi connectivity index (χ1n) is 5.14. The predicted octanol–water partition coefficient (Wildman–Crippen LogP) is -0.130. The Kier molecular flexibility index (Phi) is 3.68. The number of carboxylic acid groups (broad SMARTS) is 1. The summed E-state index contributed by atoms with van der Waals surface area (Å²) in [7, 11) is 1.77. The minimum absolute atomic E-state index is 0.0608. The molecule has 0 radical (unpaired) electrons. The third-order valence-corrected chi connectivity index (χ3v) is 3.18. The van der Waals surface area contributed by atoms with Gasteiger partial charge in [0.2, 0.25) is 5.91 Å². The number of piperazine rings is 1. The second-order valence-corrected chi connectivity index (χ2v) is 4.15. The number of hydrogen-bond donors (Lipinski definition) is 1. The van der Waals surface area contributed by atoms with Crippen molar-refractivity contribution in [3.63, 3.8) is 0 Å². The van der Waals surface area contributed by atoms with Crippen molar-refractivity contribution in [3.8, 4) is 0 Å². The van der Waals surface area contributed by atoms with E-state index in [-0.39, 0.29) is 11.9 Å². The fraction of sp³-hybridized carbons (Fsp3) is 0.800. The molecule has 0 aromatic carbocycles. The molecule has 1 saturated heterocycles. The molecular weight excluding hydrogens is 196 g/mol. The molecule has 86 valence electrons. The van der Waals surface area contributed by atoms with Gasteiger partial charge in [0.15, 0.2) is 0 Å². The molecule has 0 saturated carbocycles. The van der Waals surface area contributed by atoms with Gasteiger partial charge in [-0.25, -0.2) is 0 Å². The Labute approximate surface area is 89.7 Å². The molecule has 5 heteroatoms. The molecule has 1 amide bonds. The van der Waals surface area contributed by atoms with Crippen molar-refractivity contribution < 1.29 is 14.7 Å². The van der Waals surface area contributed by atoms with E-state index >= 15 is 0 Å². The van der Waals surface area contributed by atoms with Crippen molar-refractivity contribution in [1.29, 1.82) is 0 Å². The molecule has 2 atom stereocenters. The van der Waals surface area contributed by atoms with Gasteiger partial charge in [-0.05, 0) is 6.92 Å². The van der Waals surface area contributed by atoms with E-state index in [0.29, 0.717) is 13.1 Å². The molecular formula is C10H18N2O3. The smallest absolute Gasteiger partial charge is 0.307 e. The minimum Gasteiger partial charge on any atom is -0.481 e. The Morgan fingerprint density at radius 3 is 2.47 bits per heavy atom. The second kappa shape index (κ2) is 4.61. The van der Waals surface area contributed by atoms with Crippen LogP contribution in [-0.2, 0) is 9.59 Å². The summed E-state index contributed by atoms with van der Waals surface area (Å²) in [5, 5.41) is 8.88. The summed E-state index contributed by atoms with van der Waals surface area (Å²) < 4.78 is 0. The topological polar surface area (TPSA) is 60.9 Å². The summed E-state index contributed by atoms with van der Waals surface area (Å²) in [5.41, 5.74) is 0. The van der Waals surface area contributed by atoms with E-state index in [1.165, 1.54) is 0 Å². The van der Waals surface area contributed by atoms with Gasteiger partial charge < -0.3 is 10.0 Å². The van der Waals surface area contributed by atoms with Crippen LogP contribution in [0.4, 0.5) is 0 Å². The van der Waals surface area contributed by atoms with Gasteiger partial charge in [-0.2, -0.15) is 0 Å². The number of carboxylic acids is 1. The molecule has 1 heterocycles. The Balaban J connectivity index is 2.58. The largest absolute Gasteiger partial charge is 0.481 e. The molecule has 15 heavy (non-hydrogen) atoms. The van der Waals surface area contributed by atoms with Crippen LogP contribution in [0.3, 0.4) is 0 Å². The Hall–Kier alpha value is -1.10. The third-order valence-electron chi connectivity index (χ3n) is 3.18. The number of carbonyl (C=O) groups is 2. The Bertz CT molecular complexity index is 267. The highest BCUT2D eigenvalue weighted by Gasteiger charge is 2.30. The van der Waals surface area contributed by atoms with E-state index < -0.39 is 11.9 Å². The van der Waals surface area contributed by atoms with Crippen molar-refractivity contribution in [2.75, 3.05) is 26.7 Å². The van der Waals surface area contributed by atoms with Gasteiger partial charge in [-0.1, -0.05) is 6.92 Å². The zero-order valence-electron chi connectivity index (χ0n) is 9.43. The minimum atomic E-state index is -0.811. The maximum Gasteiger partial charge on any atom is 0.307 e. The number of hydrogen-bond acceptors (Lipinski definition) is 3. The van der Waals surface area contributed by atoms with Gasteiger partial charge in [0, 0.05) is 26.2 Å². The molecule has 1 fully saturated rings. The predicted molar refractivity (Wildman–Crippen MR) is 55.5 cm³/mol. The Morgan fingerprint density at radius 1 is 1.40 bits per heavy atom. The fourth-order valence-electron chi connectivity index (χ4n) is 1.65. The number of aliphatic carboxylic acids is 1. The first-order chi connectivity index (χ1) is 6.93. The lowest BCUT2D eigenvalue weighted by Gasteiger charge is -2.37. The molecule has 0 bridgehead atoms. The summed E-state index contributed by atoms with van der Waals surface area (Å²) in [5.74, 6) is -1.19. The third kappa shape index (κ3) is 2.68. The standard InChI is InChI=1S/C10H18N2O3/c1-7(10(14)15)8(2)12-5-4-11(3)9(13)6-12/h7-8H,4-6H2,1-3H3,(H,14,15). The van der Waals surface area contributed by atoms with Crippen LogP contribution >= 0.6 is 0 Å². The molecule has 2 unspecified atom stereocenters. The van der Waals surface area contributed by atoms with E-state index in [0.717, 1.165) is 6.54 Å². The number of amides is 1. The number of rotatable bonds is 3. The van der Waals surface area contributed by atoms with Gasteiger partial charge in [0.05, 0.1) is 12.5 Å². The van der Waals surface area contributed by atoms with E-state index in [9.17, 15) is 9.59 Å². The summed E-state index contributed by atoms with van der Waals surface area (Å²) in [6.07, 6.45) is 0. The molecule has 1 aliphatic rings. The van der Waals surface area contributed by atoms with Gasteiger partial charge in [-0.15, -0.1) is 0 Å². The van der Waals surface area contributed by atoms with Crippen molar-refractivity contribution in [1.82, 2.24) is 9.80 Å². The molecule has 0 aromatic rings. The van der Waals surface area contributed by atoms with Crippen LogP contribution in [0.2, 0.25) is 0 Å². The zero-order chi connectivity index (χ0) is 11.6. The van der Waals surface area contributed by atoms with Gasteiger partial charge in [-0.3, -0.25) is 14.5 Å². The van der Waals surface area contributed by atoms with Crippen molar-refractivity contribution in [2.45, 2.75) is 19.9 Å². The van der Waals surface area contributed by atoms with Crippen molar-refractivity contribution in [3.05, 3.63) is 0 Å². The lowest BCUT2D eigenvalue weighted by molar-refractivity contribution is -0.146. The molecule has 5 nitrogen and oxygen atoms in total. The van der Waals surface area contributed by atoms with Gasteiger partial charge in [0.1, 0.15) is 0 Å². The molecule has 0 aliphatic carbocycles. The summed E-state index contributed by atoms with van der Waals surface area (Å²) in [4.78, 5) is 25.9. The van der Waals surface area contributed by atoms with Crippen LogP contribution in [0.25, 0.3) is 0 Å². The Morgan fingerprint density at radius 2 is 2.00 bits per heavy atom. The SMILES string of the molecule is CC(C(=O)O)C(C)N1CCN(C)C(=O)C1. The lowest BCUT2D eigenvalue weighted by atomic mass is 10.0. The molecule has 0 aromatic heterocycles. The molecule has 0 spiro atoms. The van der Waals surface area contributed by atoms with E-state index in [4.69, 9.17) is 5.11 Å². The molecule has 1 rings (SSSR count). The van der Waals surface area contributed by atoms with Crippen LogP contribution in [0.15, 0.2) is 0 Å². The monoisotopic (exact) mass is 214 g/mol. The summed E-state index contributed by atoms with van der Waals surface area (Å²) in [6, 6.07) is -0.0971. The average Bonchev–Trinajstić information content (AvgIpc) is 2.19. The summed E-state index contributed by atoms with van der Waals surface area (Å²) >= 11 is 0. The van der Waals surface area contributed by atoms with Gasteiger partial charge >= 0.3 is 5.97 Å². The van der Waals surface area contributed by atoms with Crippen molar-refractivity contribution >= 4 is 11.9 Å². The average molecular weight is 214 g/mol. The van der Waals surface area contributed by atoms with Crippen LogP contribution in [0.1, 0.15) is 13.8 Å². The van der Waals surface area contributed by atoms with Gasteiger partial charge in [0.25, 0.3) is 0 Å². The molecule has 1 aliphatic heterocycles. The summed E-state index contributed by atoms with van der Waals surface area (Å²) in [6.45, 7) is 5.29. The molecule has 1 N–H and O–H groups in total. The highest BCUT2D eigenvalue weighted by atomic mass is 16.4. The quantitative estimate of drug-likeness (QED) is 0.711. The normalized spacial score (nSPS) is 22.6. The van der Waals surface area contributed by atoms with Crippen LogP contribution in [-0.4, -0.2) is 59.5 Å². The number of likely N-dealkylation sites (N-methyl/N-ethyl adjacent to an activating group) is 1. The number of nitrogens with zero attached hydrogens (tertiary/aromatic N) is 2. The van der Waals surface area contributed by atoms with Crippen LogP contribution < -0.4 is 0 Å². The highest BCUT2D eigenvalue weighted by Crippen LogP contribution is 2.13. The first-order valence-corrected chi connectivity index (χ1v) is 5.14. The second-order valence-electron chi connectivity index (χ2n) is 4.15. The van der Waals surface area contributed by atoms with Crippen LogP contribution in [0.5, 0.6) is 0 Å². The zero-order valence-corrected chi connectivity index (χ0v) is 9.43. The van der Waals surface area contributed by atoms with E-state index in [1.807, 2.05) is 11.8 Å². The highest BCUT2D eigenvalue weighted by molar-refractivity contribution is 5.79. The maximum atomic E-state index is 11.4. The van der Waals surface area contributed by atoms with Crippen LogP contribution in [0, 0.1) is 5.92 Å².